The Balaban J connectivity index is 2.17. The topological polar surface area (TPSA) is 53.1 Å². The number of carbonyl (C=O) groups is 2. The van der Waals surface area contributed by atoms with Crippen LogP contribution in [0, 0.1) is 0 Å². The Hall–Kier alpha value is -2.24. The number of hydrogen-bond donors (Lipinski definition) is 0. The predicted octanol–water partition coefficient (Wildman–Crippen LogP) is 3.01. The molecule has 2 amide bonds. The van der Waals surface area contributed by atoms with Crippen LogP contribution in [0.1, 0.15) is 50.4 Å². The second-order valence-electron chi connectivity index (χ2n) is 7.31. The van der Waals surface area contributed by atoms with Crippen LogP contribution >= 0.6 is 0 Å². The van der Waals surface area contributed by atoms with Crippen LogP contribution in [0.5, 0.6) is 5.75 Å². The van der Waals surface area contributed by atoms with Crippen LogP contribution in [0.25, 0.3) is 0 Å². The summed E-state index contributed by atoms with van der Waals surface area (Å²) < 4.78 is 5.89. The molecule has 6 nitrogen and oxygen atoms in total. The van der Waals surface area contributed by atoms with E-state index in [0.717, 1.165) is 30.8 Å². The van der Waals surface area contributed by atoms with Gasteiger partial charge in [0.1, 0.15) is 12.4 Å². The Bertz CT molecular complexity index is 671. The van der Waals surface area contributed by atoms with E-state index in [1.165, 1.54) is 0 Å². The highest BCUT2D eigenvalue weighted by molar-refractivity contribution is 5.95. The molecule has 1 heterocycles. The number of fused-ring (bicyclic) bond motifs is 1. The molecule has 0 aliphatic carbocycles. The van der Waals surface area contributed by atoms with Crippen LogP contribution < -0.4 is 9.64 Å². The van der Waals surface area contributed by atoms with Gasteiger partial charge >= 0.3 is 0 Å². The molecule has 1 aromatic rings. The summed E-state index contributed by atoms with van der Waals surface area (Å²) >= 11 is 0. The van der Waals surface area contributed by atoms with E-state index < -0.39 is 0 Å². The zero-order valence-electron chi connectivity index (χ0n) is 17.5. The van der Waals surface area contributed by atoms with Gasteiger partial charge in [-0.25, -0.2) is 0 Å². The van der Waals surface area contributed by atoms with E-state index in [2.05, 4.69) is 18.7 Å². The monoisotopic (exact) mass is 375 g/mol. The molecule has 1 aromatic carbocycles. The Morgan fingerprint density at radius 2 is 1.89 bits per heavy atom. The maximum Gasteiger partial charge on any atom is 0.253 e. The molecule has 2 rings (SSSR count). The minimum atomic E-state index is -0.0460. The number of amides is 2. The number of ether oxygens (including phenoxy) is 1. The van der Waals surface area contributed by atoms with Crippen LogP contribution in [-0.2, 0) is 4.79 Å². The Kier molecular flexibility index (Phi) is 7.11. The average Bonchev–Trinajstić information content (AvgIpc) is 2.67. The fraction of sp³-hybridized carbons (Fsp3) is 0.619. The van der Waals surface area contributed by atoms with Crippen LogP contribution in [0.2, 0.25) is 0 Å². The van der Waals surface area contributed by atoms with Gasteiger partial charge in [0, 0.05) is 39.3 Å². The molecular weight excluding hydrogens is 342 g/mol. The third-order valence-corrected chi connectivity index (χ3v) is 5.43. The highest BCUT2D eigenvalue weighted by Gasteiger charge is 2.30. The molecular formula is C21H33N3O3. The molecule has 27 heavy (non-hydrogen) atoms. The van der Waals surface area contributed by atoms with Crippen LogP contribution in [0.3, 0.4) is 0 Å². The molecule has 1 aliphatic heterocycles. The number of rotatable bonds is 7. The Morgan fingerprint density at radius 1 is 1.22 bits per heavy atom. The average molecular weight is 376 g/mol. The Labute approximate surface area is 163 Å². The smallest absolute Gasteiger partial charge is 0.253 e. The lowest BCUT2D eigenvalue weighted by Crippen LogP contribution is -2.47. The van der Waals surface area contributed by atoms with Crippen molar-refractivity contribution < 1.29 is 14.3 Å². The summed E-state index contributed by atoms with van der Waals surface area (Å²) in [6.45, 7) is 7.47. The summed E-state index contributed by atoms with van der Waals surface area (Å²) in [6, 6.07) is 5.72. The second-order valence-corrected chi connectivity index (χ2v) is 7.31. The van der Waals surface area contributed by atoms with Crippen molar-refractivity contribution in [3.8, 4) is 5.75 Å². The van der Waals surface area contributed by atoms with E-state index in [0.29, 0.717) is 18.6 Å². The Morgan fingerprint density at radius 3 is 2.44 bits per heavy atom. The summed E-state index contributed by atoms with van der Waals surface area (Å²) in [6.07, 6.45) is 2.34. The first kappa shape index (κ1) is 21.1. The molecule has 0 saturated heterocycles. The third-order valence-electron chi connectivity index (χ3n) is 5.43. The number of benzene rings is 1. The van der Waals surface area contributed by atoms with Gasteiger partial charge in [-0.05, 0) is 38.0 Å². The number of hydrogen-bond acceptors (Lipinski definition) is 4. The van der Waals surface area contributed by atoms with Crippen molar-refractivity contribution in [1.29, 1.82) is 0 Å². The summed E-state index contributed by atoms with van der Waals surface area (Å²) in [4.78, 5) is 30.8. The molecule has 0 bridgehead atoms. The summed E-state index contributed by atoms with van der Waals surface area (Å²) in [5.41, 5.74) is 1.48. The van der Waals surface area contributed by atoms with Crippen molar-refractivity contribution in [2.45, 2.75) is 52.1 Å². The number of carbonyl (C=O) groups excluding carboxylic acids is 2. The summed E-state index contributed by atoms with van der Waals surface area (Å²) in [5.74, 6) is 0.870. The highest BCUT2D eigenvalue weighted by Crippen LogP contribution is 2.35. The molecule has 0 aromatic heterocycles. The molecule has 150 valence electrons. The normalized spacial score (nSPS) is 16.0. The molecule has 1 aliphatic rings. The maximum atomic E-state index is 12.9. The molecule has 1 atom stereocenters. The van der Waals surface area contributed by atoms with Crippen molar-refractivity contribution in [3.63, 3.8) is 0 Å². The molecule has 0 saturated carbocycles. The zero-order valence-corrected chi connectivity index (χ0v) is 17.5. The van der Waals surface area contributed by atoms with Gasteiger partial charge < -0.3 is 19.4 Å². The first-order valence-corrected chi connectivity index (χ1v) is 9.84. The van der Waals surface area contributed by atoms with Crippen LogP contribution in [0.15, 0.2) is 18.2 Å². The molecule has 6 heteroatoms. The van der Waals surface area contributed by atoms with E-state index >= 15 is 0 Å². The minimum Gasteiger partial charge on any atom is -0.489 e. The molecule has 0 spiro atoms. The molecule has 0 radical (unpaired) electrons. The van der Waals surface area contributed by atoms with Gasteiger partial charge in [0.2, 0.25) is 5.91 Å². The van der Waals surface area contributed by atoms with Gasteiger partial charge in [-0.3, -0.25) is 9.59 Å². The first-order chi connectivity index (χ1) is 12.8. The van der Waals surface area contributed by atoms with Crippen molar-refractivity contribution in [1.82, 2.24) is 9.80 Å². The highest BCUT2D eigenvalue weighted by atomic mass is 16.5. The fourth-order valence-electron chi connectivity index (χ4n) is 3.68. The molecule has 0 unspecified atom stereocenters. The van der Waals surface area contributed by atoms with Gasteiger partial charge in [-0.1, -0.05) is 13.8 Å². The molecule has 0 fully saturated rings. The lowest BCUT2D eigenvalue weighted by atomic mass is 10.0. The van der Waals surface area contributed by atoms with E-state index in [1.54, 1.807) is 25.1 Å². The molecule has 0 N–H and O–H groups in total. The van der Waals surface area contributed by atoms with Gasteiger partial charge in [0.05, 0.1) is 18.2 Å². The van der Waals surface area contributed by atoms with E-state index in [1.807, 2.05) is 31.0 Å². The minimum absolute atomic E-state index is 0.0434. The predicted molar refractivity (Wildman–Crippen MR) is 109 cm³/mol. The van der Waals surface area contributed by atoms with E-state index in [-0.39, 0.29) is 23.9 Å². The van der Waals surface area contributed by atoms with Crippen LogP contribution in [-0.4, -0.2) is 68.0 Å². The standard InChI is InChI=1S/C21H33N3O3/c1-7-16(8-2)24(9-3)20(25)13-17-14-27-19-11-10-15(21(26)22(4)5)12-18(19)23(17)6/h10-12,16-17H,7-9,13-14H2,1-6H3/t17-/m1/s1. The van der Waals surface area contributed by atoms with E-state index in [4.69, 9.17) is 4.74 Å². The van der Waals surface area contributed by atoms with Gasteiger partial charge in [-0.15, -0.1) is 0 Å². The largest absolute Gasteiger partial charge is 0.489 e. The van der Waals surface area contributed by atoms with Crippen LogP contribution in [0.4, 0.5) is 5.69 Å². The number of likely N-dealkylation sites (N-methyl/N-ethyl adjacent to an activating group) is 1. The number of nitrogens with zero attached hydrogens (tertiary/aromatic N) is 3. The van der Waals surface area contributed by atoms with Crippen molar-refractivity contribution in [2.24, 2.45) is 0 Å². The fourth-order valence-corrected chi connectivity index (χ4v) is 3.68. The maximum absolute atomic E-state index is 12.9. The third kappa shape index (κ3) is 4.54. The second kappa shape index (κ2) is 9.11. The van der Waals surface area contributed by atoms with E-state index in [9.17, 15) is 9.59 Å². The zero-order chi connectivity index (χ0) is 20.1. The first-order valence-electron chi connectivity index (χ1n) is 9.84. The SMILES string of the molecule is CCC(CC)N(CC)C(=O)C[C@@H]1COc2ccc(C(=O)N(C)C)cc2N1C. The van der Waals surface area contributed by atoms with Gasteiger partial charge in [-0.2, -0.15) is 0 Å². The lowest BCUT2D eigenvalue weighted by molar-refractivity contribution is -0.134. The van der Waals surface area contributed by atoms with Crippen molar-refractivity contribution in [2.75, 3.05) is 39.2 Å². The van der Waals surface area contributed by atoms with Gasteiger partial charge in [0.15, 0.2) is 0 Å². The lowest BCUT2D eigenvalue weighted by Gasteiger charge is -2.38. The summed E-state index contributed by atoms with van der Waals surface area (Å²) in [5, 5.41) is 0. The van der Waals surface area contributed by atoms with Gasteiger partial charge in [0.25, 0.3) is 5.91 Å². The summed E-state index contributed by atoms with van der Waals surface area (Å²) in [7, 11) is 5.44. The quantitative estimate of drug-likeness (QED) is 0.735. The number of anilines is 1. The van der Waals surface area contributed by atoms with Crippen molar-refractivity contribution >= 4 is 17.5 Å². The van der Waals surface area contributed by atoms with Crippen molar-refractivity contribution in [3.05, 3.63) is 23.8 Å².